The number of benzene rings is 1. The maximum Gasteiger partial charge on any atom is 1.00 e. The van der Waals surface area contributed by atoms with Crippen LogP contribution in [0.15, 0.2) is 23.1 Å². The van der Waals surface area contributed by atoms with E-state index in [0.717, 1.165) is 6.07 Å². The van der Waals surface area contributed by atoms with Gasteiger partial charge < -0.3 is 6.96 Å². The molecule has 0 atom stereocenters. The second-order valence-corrected chi connectivity index (χ2v) is 5.02. The van der Waals surface area contributed by atoms with E-state index < -0.39 is 33.0 Å². The molecular weight excluding hydrogens is 283 g/mol. The van der Waals surface area contributed by atoms with Gasteiger partial charge in [0.1, 0.15) is 11.3 Å². The van der Waals surface area contributed by atoms with Crippen molar-refractivity contribution in [1.82, 2.24) is 0 Å². The molecule has 0 unspecified atom stereocenters. The van der Waals surface area contributed by atoms with Gasteiger partial charge in [-0.3, -0.25) is 14.1 Å². The standard InChI is InChI=1S/C10H6N2O5S.Na.H/c11-12-6-4-7(13)9-5(10(6)14)2-1-3-8(9)18(15,16)17;;/h1-3H,4H2,(H,15,16,17);;/q;+1;-1. The Kier molecular flexibility index (Phi) is 4.57. The molecule has 1 aliphatic carbocycles. The monoisotopic (exact) mass is 290 g/mol. The predicted molar refractivity (Wildman–Crippen MR) is 59.3 cm³/mol. The van der Waals surface area contributed by atoms with Crippen LogP contribution < -0.4 is 29.6 Å². The van der Waals surface area contributed by atoms with Crippen molar-refractivity contribution in [2.24, 2.45) is 0 Å². The molecule has 1 aromatic rings. The van der Waals surface area contributed by atoms with Gasteiger partial charge in [-0.15, -0.1) is 0 Å². The van der Waals surface area contributed by atoms with Crippen LogP contribution >= 0.6 is 0 Å². The number of Topliss-reactive ketones (excluding diaryl/α,β-unsaturated/α-hetero) is 2. The van der Waals surface area contributed by atoms with Crippen LogP contribution in [-0.4, -0.2) is 35.0 Å². The fraction of sp³-hybridized carbons (Fsp3) is 0.100. The number of hydrogen-bond donors (Lipinski definition) is 1. The van der Waals surface area contributed by atoms with E-state index in [9.17, 15) is 18.0 Å². The largest absolute Gasteiger partial charge is 1.00 e. The van der Waals surface area contributed by atoms with Crippen molar-refractivity contribution in [3.05, 3.63) is 34.9 Å². The van der Waals surface area contributed by atoms with Crippen LogP contribution in [-0.2, 0) is 10.1 Å². The van der Waals surface area contributed by atoms with E-state index >= 15 is 0 Å². The Morgan fingerprint density at radius 1 is 1.32 bits per heavy atom. The molecule has 7 nitrogen and oxygen atoms in total. The van der Waals surface area contributed by atoms with Crippen LogP contribution in [0, 0.1) is 0 Å². The smallest absolute Gasteiger partial charge is 1.00 e. The average Bonchev–Trinajstić information content (AvgIpc) is 2.31. The summed E-state index contributed by atoms with van der Waals surface area (Å²) in [6, 6.07) is 3.47. The zero-order valence-corrected chi connectivity index (χ0v) is 12.6. The van der Waals surface area contributed by atoms with Crippen molar-refractivity contribution in [3.63, 3.8) is 0 Å². The first-order valence-corrected chi connectivity index (χ1v) is 6.19. The van der Waals surface area contributed by atoms with Crippen molar-refractivity contribution >= 4 is 27.4 Å². The van der Waals surface area contributed by atoms with Crippen LogP contribution in [0.3, 0.4) is 0 Å². The molecule has 0 heterocycles. The maximum atomic E-state index is 11.8. The molecule has 0 saturated heterocycles. The normalized spacial score (nSPS) is 14.5. The first-order valence-electron chi connectivity index (χ1n) is 4.75. The van der Waals surface area contributed by atoms with E-state index in [1.807, 2.05) is 0 Å². The van der Waals surface area contributed by atoms with Gasteiger partial charge in [0.05, 0.1) is 5.56 Å². The summed E-state index contributed by atoms with van der Waals surface area (Å²) in [5.74, 6) is -1.44. The Balaban J connectivity index is 0.00000180. The summed E-state index contributed by atoms with van der Waals surface area (Å²) >= 11 is 0. The fourth-order valence-corrected chi connectivity index (χ4v) is 2.51. The summed E-state index contributed by atoms with van der Waals surface area (Å²) < 4.78 is 31.2. The molecule has 1 aromatic carbocycles. The fourth-order valence-electron chi connectivity index (χ4n) is 1.78. The molecule has 94 valence electrons. The third-order valence-corrected chi connectivity index (χ3v) is 3.43. The van der Waals surface area contributed by atoms with Crippen molar-refractivity contribution in [2.75, 3.05) is 0 Å². The van der Waals surface area contributed by atoms with Crippen LogP contribution in [0.1, 0.15) is 28.6 Å². The van der Waals surface area contributed by atoms with Gasteiger partial charge in [0.15, 0.2) is 5.78 Å². The number of carbonyl (C=O) groups is 2. The van der Waals surface area contributed by atoms with Crippen molar-refractivity contribution in [1.29, 1.82) is 0 Å². The topological polar surface area (TPSA) is 125 Å². The molecule has 1 N–H and O–H groups in total. The summed E-state index contributed by atoms with van der Waals surface area (Å²) in [5, 5.41) is 0. The van der Waals surface area contributed by atoms with Gasteiger partial charge in [-0.2, -0.15) is 13.2 Å². The molecule has 0 amide bonds. The molecule has 0 bridgehead atoms. The first kappa shape index (κ1) is 15.9. The van der Waals surface area contributed by atoms with Gasteiger partial charge in [0.2, 0.25) is 0 Å². The van der Waals surface area contributed by atoms with E-state index in [4.69, 9.17) is 10.1 Å². The number of fused-ring (bicyclic) bond motifs is 1. The molecule has 19 heavy (non-hydrogen) atoms. The van der Waals surface area contributed by atoms with E-state index in [2.05, 4.69) is 4.79 Å². The molecule has 0 aliphatic heterocycles. The molecule has 2 rings (SSSR count). The summed E-state index contributed by atoms with van der Waals surface area (Å²) in [7, 11) is -4.60. The molecule has 0 aromatic heterocycles. The molecule has 0 radical (unpaired) electrons. The summed E-state index contributed by atoms with van der Waals surface area (Å²) in [6.07, 6.45) is -0.505. The van der Waals surface area contributed by atoms with Gasteiger partial charge in [-0.1, -0.05) is 6.07 Å². The van der Waals surface area contributed by atoms with Crippen LogP contribution in [0.4, 0.5) is 0 Å². The maximum absolute atomic E-state index is 11.8. The van der Waals surface area contributed by atoms with Crippen LogP contribution in [0.5, 0.6) is 0 Å². The molecular formula is C10H7N2NaO5S. The number of nitrogens with zero attached hydrogens (tertiary/aromatic N) is 2. The van der Waals surface area contributed by atoms with Gasteiger partial charge in [-0.05, 0) is 12.1 Å². The van der Waals surface area contributed by atoms with Gasteiger partial charge >= 0.3 is 35.3 Å². The van der Waals surface area contributed by atoms with Crippen LogP contribution in [0.2, 0.25) is 0 Å². The third-order valence-electron chi connectivity index (χ3n) is 2.54. The van der Waals surface area contributed by atoms with Crippen molar-refractivity contribution < 1.29 is 58.3 Å². The average molecular weight is 290 g/mol. The second-order valence-electron chi connectivity index (χ2n) is 3.63. The quantitative estimate of drug-likeness (QED) is 0.265. The Labute approximate surface area is 131 Å². The zero-order chi connectivity index (χ0) is 13.5. The SMILES string of the molecule is [H-].[N-]=[N+]=C1CC(=O)c2c(cccc2S(=O)(=O)O)C1=O.[Na+]. The summed E-state index contributed by atoms with van der Waals surface area (Å²) in [5.41, 5.74) is 7.66. The Morgan fingerprint density at radius 2 is 1.95 bits per heavy atom. The number of hydrogen-bond acceptors (Lipinski definition) is 4. The first-order chi connectivity index (χ1) is 8.36. The minimum absolute atomic E-state index is 0. The molecule has 0 fully saturated rings. The summed E-state index contributed by atoms with van der Waals surface area (Å²) in [6.45, 7) is 0. The summed E-state index contributed by atoms with van der Waals surface area (Å²) in [4.78, 5) is 25.6. The number of carbonyl (C=O) groups excluding carboxylic acids is 2. The van der Waals surface area contributed by atoms with Crippen LogP contribution in [0.25, 0.3) is 5.53 Å². The van der Waals surface area contributed by atoms with Gasteiger partial charge in [-0.25, -0.2) is 0 Å². The predicted octanol–water partition coefficient (Wildman–Crippen LogP) is -2.51. The van der Waals surface area contributed by atoms with Crippen molar-refractivity contribution in [3.8, 4) is 0 Å². The van der Waals surface area contributed by atoms with E-state index in [1.165, 1.54) is 12.1 Å². The van der Waals surface area contributed by atoms with E-state index in [-0.39, 0.29) is 47.8 Å². The number of ketones is 2. The van der Waals surface area contributed by atoms with Gasteiger partial charge in [0, 0.05) is 5.56 Å². The van der Waals surface area contributed by atoms with Gasteiger partial charge in [0.25, 0.3) is 15.9 Å². The Bertz CT molecular complexity index is 740. The molecule has 1 aliphatic rings. The second kappa shape index (κ2) is 5.46. The minimum atomic E-state index is -4.60. The molecule has 9 heteroatoms. The zero-order valence-electron chi connectivity index (χ0n) is 10.8. The van der Waals surface area contributed by atoms with Crippen molar-refractivity contribution in [2.45, 2.75) is 11.3 Å². The Hall–Kier alpha value is -1.15. The Morgan fingerprint density at radius 3 is 2.47 bits per heavy atom. The van der Waals surface area contributed by atoms with E-state index in [1.54, 1.807) is 0 Å². The minimum Gasteiger partial charge on any atom is -1.00 e. The molecule has 0 saturated carbocycles. The van der Waals surface area contributed by atoms with E-state index in [0.29, 0.717) is 0 Å². The molecule has 0 spiro atoms. The number of rotatable bonds is 1. The third kappa shape index (κ3) is 2.74.